The van der Waals surface area contributed by atoms with E-state index in [0.29, 0.717) is 6.04 Å². The zero-order chi connectivity index (χ0) is 12.3. The third kappa shape index (κ3) is 3.57. The van der Waals surface area contributed by atoms with E-state index in [1.54, 1.807) is 0 Å². The smallest absolute Gasteiger partial charge is 0.0294 e. The molecule has 0 radical (unpaired) electrons. The van der Waals surface area contributed by atoms with Crippen molar-refractivity contribution in [2.24, 2.45) is 5.92 Å². The number of hydrogen-bond donors (Lipinski definition) is 1. The van der Waals surface area contributed by atoms with Crippen LogP contribution in [-0.2, 0) is 6.42 Å². The summed E-state index contributed by atoms with van der Waals surface area (Å²) in [5.41, 5.74) is 2.90. The van der Waals surface area contributed by atoms with Crippen LogP contribution in [0, 0.1) is 5.92 Å². The molecule has 0 heterocycles. The first-order valence-corrected chi connectivity index (χ1v) is 7.05. The van der Waals surface area contributed by atoms with Gasteiger partial charge in [0.05, 0.1) is 0 Å². The van der Waals surface area contributed by atoms with Gasteiger partial charge in [0.15, 0.2) is 0 Å². The summed E-state index contributed by atoms with van der Waals surface area (Å²) in [7, 11) is 0. The topological polar surface area (TPSA) is 12.0 Å². The summed E-state index contributed by atoms with van der Waals surface area (Å²) in [6, 6.07) is 10.4. The number of unbranched alkanes of at least 4 members (excludes halogenated alkanes) is 1. The van der Waals surface area contributed by atoms with Gasteiger partial charge in [0.1, 0.15) is 0 Å². The quantitative estimate of drug-likeness (QED) is 0.777. The molecule has 1 aromatic carbocycles. The first kappa shape index (κ1) is 12.6. The summed E-state index contributed by atoms with van der Waals surface area (Å²) in [5.74, 6) is 0.876. The molecule has 1 heteroatoms. The summed E-state index contributed by atoms with van der Waals surface area (Å²) < 4.78 is 0. The highest BCUT2D eigenvalue weighted by atomic mass is 15.0. The van der Waals surface area contributed by atoms with Crippen molar-refractivity contribution in [3.8, 4) is 0 Å². The van der Waals surface area contributed by atoms with Gasteiger partial charge in [-0.25, -0.2) is 0 Å². The van der Waals surface area contributed by atoms with Gasteiger partial charge in [-0.3, -0.25) is 0 Å². The summed E-state index contributed by atoms with van der Waals surface area (Å²) in [4.78, 5) is 0. The van der Waals surface area contributed by atoms with E-state index in [-0.39, 0.29) is 0 Å². The van der Waals surface area contributed by atoms with Gasteiger partial charge < -0.3 is 5.32 Å². The largest absolute Gasteiger partial charge is 0.307 e. The van der Waals surface area contributed by atoms with Crippen LogP contribution in [0.25, 0.3) is 0 Å². The predicted octanol–water partition coefficient (Wildman–Crippen LogP) is 4.09. The Balaban J connectivity index is 1.87. The number of rotatable bonds is 6. The normalized spacial score (nSPS) is 24.6. The van der Waals surface area contributed by atoms with E-state index in [9.17, 15) is 0 Å². The Morgan fingerprint density at radius 2 is 1.94 bits per heavy atom. The van der Waals surface area contributed by atoms with Crippen molar-refractivity contribution in [3.63, 3.8) is 0 Å². The molecule has 94 valence electrons. The van der Waals surface area contributed by atoms with Crippen LogP contribution in [0.2, 0.25) is 0 Å². The Labute approximate surface area is 106 Å². The van der Waals surface area contributed by atoms with E-state index in [1.807, 2.05) is 0 Å². The van der Waals surface area contributed by atoms with E-state index in [1.165, 1.54) is 36.8 Å². The average molecular weight is 231 g/mol. The lowest BCUT2D eigenvalue weighted by Gasteiger charge is -2.14. The zero-order valence-corrected chi connectivity index (χ0v) is 11.4. The molecule has 1 aliphatic carbocycles. The molecule has 0 aliphatic heterocycles. The standard InChI is InChI=1S/C16H25N/c1-4-5-6-14-7-9-15(10-8-14)13(3)17-16-11-12(16)2/h7-10,12-13,16-17H,4-6,11H2,1-3H3. The van der Waals surface area contributed by atoms with Crippen molar-refractivity contribution in [2.75, 3.05) is 0 Å². The monoisotopic (exact) mass is 231 g/mol. The van der Waals surface area contributed by atoms with Crippen molar-refractivity contribution in [3.05, 3.63) is 35.4 Å². The minimum Gasteiger partial charge on any atom is -0.307 e. The Kier molecular flexibility index (Phi) is 4.22. The summed E-state index contributed by atoms with van der Waals surface area (Å²) in [6.07, 6.45) is 5.14. The molecule has 3 unspecified atom stereocenters. The SMILES string of the molecule is CCCCc1ccc(C(C)NC2CC2C)cc1. The number of hydrogen-bond acceptors (Lipinski definition) is 1. The molecule has 1 aliphatic rings. The average Bonchev–Trinajstić information content (AvgIpc) is 3.03. The van der Waals surface area contributed by atoms with Crippen LogP contribution >= 0.6 is 0 Å². The second kappa shape index (κ2) is 5.68. The molecular weight excluding hydrogens is 206 g/mol. The second-order valence-electron chi connectivity index (χ2n) is 5.55. The van der Waals surface area contributed by atoms with E-state index in [4.69, 9.17) is 0 Å². The van der Waals surface area contributed by atoms with E-state index >= 15 is 0 Å². The van der Waals surface area contributed by atoms with Crippen molar-refractivity contribution in [1.82, 2.24) is 5.32 Å². The number of benzene rings is 1. The predicted molar refractivity (Wildman–Crippen MR) is 74.2 cm³/mol. The minimum absolute atomic E-state index is 0.491. The number of aryl methyl sites for hydroxylation is 1. The van der Waals surface area contributed by atoms with Crippen LogP contribution in [0.1, 0.15) is 57.2 Å². The molecule has 0 spiro atoms. The Morgan fingerprint density at radius 3 is 2.47 bits per heavy atom. The van der Waals surface area contributed by atoms with Gasteiger partial charge in [0.2, 0.25) is 0 Å². The number of nitrogens with one attached hydrogen (secondary N) is 1. The van der Waals surface area contributed by atoms with E-state index in [0.717, 1.165) is 12.0 Å². The fourth-order valence-corrected chi connectivity index (χ4v) is 2.33. The van der Waals surface area contributed by atoms with Crippen LogP contribution in [0.15, 0.2) is 24.3 Å². The Morgan fingerprint density at radius 1 is 1.29 bits per heavy atom. The molecule has 3 atom stereocenters. The Bertz CT molecular complexity index is 341. The lowest BCUT2D eigenvalue weighted by Crippen LogP contribution is -2.21. The van der Waals surface area contributed by atoms with Crippen molar-refractivity contribution in [2.45, 2.75) is 58.5 Å². The third-order valence-electron chi connectivity index (χ3n) is 3.87. The maximum absolute atomic E-state index is 3.68. The van der Waals surface area contributed by atoms with Gasteiger partial charge in [0, 0.05) is 12.1 Å². The molecule has 0 amide bonds. The maximum atomic E-state index is 3.68. The molecule has 0 saturated heterocycles. The highest BCUT2D eigenvalue weighted by Gasteiger charge is 2.33. The van der Waals surface area contributed by atoms with Crippen LogP contribution in [-0.4, -0.2) is 6.04 Å². The van der Waals surface area contributed by atoms with Crippen molar-refractivity contribution >= 4 is 0 Å². The minimum atomic E-state index is 0.491. The van der Waals surface area contributed by atoms with Crippen LogP contribution in [0.4, 0.5) is 0 Å². The first-order valence-electron chi connectivity index (χ1n) is 7.05. The highest BCUT2D eigenvalue weighted by molar-refractivity contribution is 5.25. The molecule has 1 N–H and O–H groups in total. The molecule has 1 nitrogen and oxygen atoms in total. The van der Waals surface area contributed by atoms with Gasteiger partial charge in [-0.1, -0.05) is 44.5 Å². The highest BCUT2D eigenvalue weighted by Crippen LogP contribution is 2.31. The molecule has 17 heavy (non-hydrogen) atoms. The molecule has 1 saturated carbocycles. The summed E-state index contributed by atoms with van der Waals surface area (Å²) in [6.45, 7) is 6.83. The summed E-state index contributed by atoms with van der Waals surface area (Å²) in [5, 5.41) is 3.68. The molecule has 1 fully saturated rings. The van der Waals surface area contributed by atoms with Crippen molar-refractivity contribution < 1.29 is 0 Å². The fourth-order valence-electron chi connectivity index (χ4n) is 2.33. The third-order valence-corrected chi connectivity index (χ3v) is 3.87. The molecule has 2 rings (SSSR count). The fraction of sp³-hybridized carbons (Fsp3) is 0.625. The van der Waals surface area contributed by atoms with E-state index in [2.05, 4.69) is 50.4 Å². The van der Waals surface area contributed by atoms with Crippen molar-refractivity contribution in [1.29, 1.82) is 0 Å². The van der Waals surface area contributed by atoms with E-state index < -0.39 is 0 Å². The zero-order valence-electron chi connectivity index (χ0n) is 11.4. The molecule has 0 bridgehead atoms. The summed E-state index contributed by atoms with van der Waals surface area (Å²) >= 11 is 0. The van der Waals surface area contributed by atoms with Gasteiger partial charge in [-0.2, -0.15) is 0 Å². The van der Waals surface area contributed by atoms with Gasteiger partial charge in [-0.15, -0.1) is 0 Å². The maximum Gasteiger partial charge on any atom is 0.0294 e. The first-order chi connectivity index (χ1) is 8.20. The molecule has 0 aromatic heterocycles. The van der Waals surface area contributed by atoms with Crippen LogP contribution < -0.4 is 5.32 Å². The lowest BCUT2D eigenvalue weighted by atomic mass is 10.0. The van der Waals surface area contributed by atoms with Gasteiger partial charge >= 0.3 is 0 Å². The van der Waals surface area contributed by atoms with Gasteiger partial charge in [0.25, 0.3) is 0 Å². The lowest BCUT2D eigenvalue weighted by molar-refractivity contribution is 0.552. The second-order valence-corrected chi connectivity index (χ2v) is 5.55. The molecular formula is C16H25N. The molecule has 1 aromatic rings. The van der Waals surface area contributed by atoms with Crippen LogP contribution in [0.3, 0.4) is 0 Å². The van der Waals surface area contributed by atoms with Crippen LogP contribution in [0.5, 0.6) is 0 Å². The Hall–Kier alpha value is -0.820. The van der Waals surface area contributed by atoms with Gasteiger partial charge in [-0.05, 0) is 43.2 Å².